The van der Waals surface area contributed by atoms with E-state index in [4.69, 9.17) is 0 Å². The lowest BCUT2D eigenvalue weighted by atomic mass is 9.95. The van der Waals surface area contributed by atoms with Crippen LogP contribution in [0, 0.1) is 5.92 Å². The van der Waals surface area contributed by atoms with Crippen molar-refractivity contribution in [2.75, 3.05) is 0 Å². The van der Waals surface area contributed by atoms with Gasteiger partial charge in [0, 0.05) is 8.07 Å². The van der Waals surface area contributed by atoms with E-state index in [-0.39, 0.29) is 10.1 Å². The zero-order chi connectivity index (χ0) is 11.6. The lowest BCUT2D eigenvalue weighted by Crippen LogP contribution is -2.39. The van der Waals surface area contributed by atoms with Crippen LogP contribution < -0.4 is 0 Å². The Hall–Kier alpha value is 0.367. The van der Waals surface area contributed by atoms with Crippen molar-refractivity contribution in [3.8, 4) is 0 Å². The summed E-state index contributed by atoms with van der Waals surface area (Å²) in [6.07, 6.45) is 0.951. The molecule has 84 valence electrons. The average Bonchev–Trinajstić information content (AvgIpc) is 1.79. The SMILES string of the molecule is CC(=O)C(Br)(CC(C)C)C[Si](C)(C)C. The average molecular weight is 279 g/mol. The molecule has 0 N–H and O–H groups in total. The first-order valence-electron chi connectivity index (χ1n) is 5.27. The van der Waals surface area contributed by atoms with Gasteiger partial charge in [-0.05, 0) is 25.3 Å². The lowest BCUT2D eigenvalue weighted by molar-refractivity contribution is -0.119. The summed E-state index contributed by atoms with van der Waals surface area (Å²) in [6, 6.07) is 1.04. The third-order valence-electron chi connectivity index (χ3n) is 2.17. The van der Waals surface area contributed by atoms with Crippen LogP contribution in [0.4, 0.5) is 0 Å². The molecule has 0 radical (unpaired) electrons. The van der Waals surface area contributed by atoms with E-state index in [1.54, 1.807) is 6.92 Å². The van der Waals surface area contributed by atoms with Gasteiger partial charge >= 0.3 is 0 Å². The van der Waals surface area contributed by atoms with Crippen molar-refractivity contribution < 1.29 is 4.79 Å². The maximum Gasteiger partial charge on any atom is 0.146 e. The van der Waals surface area contributed by atoms with Crippen LogP contribution in [0.15, 0.2) is 0 Å². The molecule has 0 aromatic heterocycles. The smallest absolute Gasteiger partial charge is 0.146 e. The molecule has 0 fully saturated rings. The van der Waals surface area contributed by atoms with E-state index in [1.165, 1.54) is 0 Å². The molecule has 0 aliphatic carbocycles. The largest absolute Gasteiger partial charge is 0.298 e. The molecule has 0 bridgehead atoms. The molecule has 0 aliphatic heterocycles. The zero-order valence-corrected chi connectivity index (χ0v) is 12.9. The summed E-state index contributed by atoms with van der Waals surface area (Å²) in [7, 11) is -1.19. The quantitative estimate of drug-likeness (QED) is 0.547. The van der Waals surface area contributed by atoms with Crippen molar-refractivity contribution in [2.45, 2.75) is 57.2 Å². The predicted molar refractivity (Wildman–Crippen MR) is 69.9 cm³/mol. The summed E-state index contributed by atoms with van der Waals surface area (Å²) >= 11 is 3.67. The van der Waals surface area contributed by atoms with Crippen LogP contribution in [-0.4, -0.2) is 18.2 Å². The van der Waals surface area contributed by atoms with Gasteiger partial charge in [-0.2, -0.15) is 0 Å². The Kier molecular flexibility index (Phi) is 5.06. The third-order valence-corrected chi connectivity index (χ3v) is 5.52. The molecule has 1 unspecified atom stereocenters. The molecule has 3 heteroatoms. The van der Waals surface area contributed by atoms with E-state index in [0.717, 1.165) is 12.5 Å². The van der Waals surface area contributed by atoms with Gasteiger partial charge in [-0.3, -0.25) is 4.79 Å². The van der Waals surface area contributed by atoms with Crippen molar-refractivity contribution in [1.29, 1.82) is 0 Å². The van der Waals surface area contributed by atoms with Gasteiger partial charge in [0.1, 0.15) is 5.78 Å². The minimum absolute atomic E-state index is 0.258. The maximum absolute atomic E-state index is 11.7. The molecule has 0 saturated carbocycles. The van der Waals surface area contributed by atoms with Crippen molar-refractivity contribution in [3.63, 3.8) is 0 Å². The van der Waals surface area contributed by atoms with Crippen LogP contribution in [0.2, 0.25) is 25.7 Å². The minimum atomic E-state index is -1.19. The van der Waals surface area contributed by atoms with Crippen LogP contribution >= 0.6 is 15.9 Å². The van der Waals surface area contributed by atoms with Crippen molar-refractivity contribution in [2.24, 2.45) is 5.92 Å². The molecule has 1 nitrogen and oxygen atoms in total. The molecule has 0 amide bonds. The number of rotatable bonds is 5. The molecule has 0 aromatic carbocycles. The van der Waals surface area contributed by atoms with E-state index >= 15 is 0 Å². The highest BCUT2D eigenvalue weighted by molar-refractivity contribution is 9.10. The van der Waals surface area contributed by atoms with Gasteiger partial charge in [0.15, 0.2) is 0 Å². The molecule has 14 heavy (non-hydrogen) atoms. The summed E-state index contributed by atoms with van der Waals surface area (Å²) in [5.74, 6) is 0.850. The molecular weight excluding hydrogens is 256 g/mol. The summed E-state index contributed by atoms with van der Waals surface area (Å²) in [4.78, 5) is 11.7. The fourth-order valence-electron chi connectivity index (χ4n) is 1.83. The van der Waals surface area contributed by atoms with Gasteiger partial charge in [0.25, 0.3) is 0 Å². The first kappa shape index (κ1) is 14.4. The van der Waals surface area contributed by atoms with Gasteiger partial charge in [0.2, 0.25) is 0 Å². The fourth-order valence-corrected chi connectivity index (χ4v) is 7.07. The molecule has 0 aliphatic rings. The monoisotopic (exact) mass is 278 g/mol. The topological polar surface area (TPSA) is 17.1 Å². The number of hydrogen-bond donors (Lipinski definition) is 0. The highest BCUT2D eigenvalue weighted by Gasteiger charge is 2.37. The Labute approximate surface area is 97.8 Å². The Morgan fingerprint density at radius 3 is 2.00 bits per heavy atom. The highest BCUT2D eigenvalue weighted by Crippen LogP contribution is 2.36. The standard InChI is InChI=1S/C11H23BrOSi/c1-9(2)7-11(12,10(3)13)8-14(4,5)6/h9H,7-8H2,1-6H3. The van der Waals surface area contributed by atoms with E-state index in [1.807, 2.05) is 0 Å². The van der Waals surface area contributed by atoms with Gasteiger partial charge in [-0.15, -0.1) is 0 Å². The molecular formula is C11H23BrOSi. The maximum atomic E-state index is 11.7. The number of Topliss-reactive ketones (excluding diaryl/α,β-unsaturated/α-hetero) is 1. The number of alkyl halides is 1. The molecule has 0 saturated heterocycles. The van der Waals surface area contributed by atoms with Gasteiger partial charge < -0.3 is 0 Å². The van der Waals surface area contributed by atoms with Crippen molar-refractivity contribution in [3.05, 3.63) is 0 Å². The normalized spacial score (nSPS) is 16.9. The van der Waals surface area contributed by atoms with Crippen LogP contribution in [-0.2, 0) is 4.79 Å². The number of ketones is 1. The lowest BCUT2D eigenvalue weighted by Gasteiger charge is -2.32. The van der Waals surface area contributed by atoms with Crippen LogP contribution in [0.25, 0.3) is 0 Å². The number of halogens is 1. The second-order valence-electron chi connectivity index (χ2n) is 5.86. The zero-order valence-electron chi connectivity index (χ0n) is 10.3. The summed E-state index contributed by atoms with van der Waals surface area (Å²) in [6.45, 7) is 13.0. The fraction of sp³-hybridized carbons (Fsp3) is 0.909. The number of hydrogen-bond acceptors (Lipinski definition) is 1. The van der Waals surface area contributed by atoms with E-state index in [0.29, 0.717) is 5.92 Å². The van der Waals surface area contributed by atoms with Gasteiger partial charge in [0.05, 0.1) is 4.32 Å². The van der Waals surface area contributed by atoms with E-state index in [2.05, 4.69) is 49.4 Å². The molecule has 0 spiro atoms. The van der Waals surface area contributed by atoms with Gasteiger partial charge in [-0.1, -0.05) is 49.4 Å². The molecule has 0 aromatic rings. The van der Waals surface area contributed by atoms with Crippen LogP contribution in [0.1, 0.15) is 27.2 Å². The van der Waals surface area contributed by atoms with Crippen LogP contribution in [0.5, 0.6) is 0 Å². The van der Waals surface area contributed by atoms with Gasteiger partial charge in [-0.25, -0.2) is 0 Å². The summed E-state index contributed by atoms with van der Waals surface area (Å²) in [5.41, 5.74) is 0. The Balaban J connectivity index is 4.65. The third kappa shape index (κ3) is 5.30. The second-order valence-corrected chi connectivity index (χ2v) is 12.8. The number of carbonyl (C=O) groups is 1. The number of carbonyl (C=O) groups excluding carboxylic acids is 1. The Bertz CT molecular complexity index is 208. The highest BCUT2D eigenvalue weighted by atomic mass is 79.9. The van der Waals surface area contributed by atoms with Crippen LogP contribution in [0.3, 0.4) is 0 Å². The van der Waals surface area contributed by atoms with E-state index < -0.39 is 8.07 Å². The predicted octanol–water partition coefficient (Wildman–Crippen LogP) is 4.09. The Morgan fingerprint density at radius 2 is 1.79 bits per heavy atom. The first-order valence-corrected chi connectivity index (χ1v) is 9.77. The minimum Gasteiger partial charge on any atom is -0.298 e. The van der Waals surface area contributed by atoms with Crippen molar-refractivity contribution in [1.82, 2.24) is 0 Å². The molecule has 1 atom stereocenters. The van der Waals surface area contributed by atoms with Crippen molar-refractivity contribution >= 4 is 29.8 Å². The van der Waals surface area contributed by atoms with E-state index in [9.17, 15) is 4.79 Å². The Morgan fingerprint density at radius 1 is 1.36 bits per heavy atom. The molecule has 0 rings (SSSR count). The second kappa shape index (κ2) is 4.93. The molecule has 0 heterocycles. The summed E-state index contributed by atoms with van der Waals surface area (Å²) in [5, 5.41) is 0. The summed E-state index contributed by atoms with van der Waals surface area (Å²) < 4.78 is -0.258. The first-order chi connectivity index (χ1) is 6.07.